The summed E-state index contributed by atoms with van der Waals surface area (Å²) in [4.78, 5) is 14.1. The van der Waals surface area contributed by atoms with E-state index in [-0.39, 0.29) is 18.6 Å². The van der Waals surface area contributed by atoms with Crippen molar-refractivity contribution in [3.8, 4) is 0 Å². The molecule has 0 N–H and O–H groups in total. The maximum absolute atomic E-state index is 12.5. The summed E-state index contributed by atoms with van der Waals surface area (Å²) in [5, 5.41) is 0. The minimum Gasteiger partial charge on any atom is -0.444 e. The Balaban J connectivity index is 2.77. The number of amides is 1. The van der Waals surface area contributed by atoms with Crippen LogP contribution < -0.4 is 0 Å². The molecule has 0 bridgehead atoms. The van der Waals surface area contributed by atoms with E-state index < -0.39 is 27.5 Å². The number of carbonyl (C=O) groups excluding carboxylic acids is 1. The second kappa shape index (κ2) is 6.94. The Hall–Kier alpha value is -0.860. The van der Waals surface area contributed by atoms with Crippen LogP contribution >= 0.6 is 0 Å². The van der Waals surface area contributed by atoms with Crippen LogP contribution in [0.5, 0.6) is 0 Å². The lowest BCUT2D eigenvalue weighted by atomic mass is 9.98. The van der Waals surface area contributed by atoms with Gasteiger partial charge in [-0.2, -0.15) is 8.42 Å². The Morgan fingerprint density at radius 3 is 2.43 bits per heavy atom. The van der Waals surface area contributed by atoms with E-state index in [4.69, 9.17) is 13.7 Å². The Morgan fingerprint density at radius 1 is 1.39 bits per heavy atom. The van der Waals surface area contributed by atoms with E-state index in [0.29, 0.717) is 13.0 Å². The summed E-state index contributed by atoms with van der Waals surface area (Å²) in [6.45, 7) is 11.5. The fourth-order valence-corrected chi connectivity index (χ4v) is 2.89. The highest BCUT2D eigenvalue weighted by atomic mass is 32.2. The summed E-state index contributed by atoms with van der Waals surface area (Å²) in [5.41, 5.74) is -1.36. The van der Waals surface area contributed by atoms with Gasteiger partial charge in [0.15, 0.2) is 0 Å². The molecule has 0 aliphatic carbocycles. The number of carbonyl (C=O) groups is 1. The van der Waals surface area contributed by atoms with Crippen molar-refractivity contribution in [3.05, 3.63) is 0 Å². The van der Waals surface area contributed by atoms with Gasteiger partial charge in [0.05, 0.1) is 25.5 Å². The molecule has 0 spiro atoms. The Bertz CT molecular complexity index is 523. The van der Waals surface area contributed by atoms with Gasteiger partial charge in [0.2, 0.25) is 0 Å². The van der Waals surface area contributed by atoms with Gasteiger partial charge in [0.1, 0.15) is 11.3 Å². The molecule has 8 heteroatoms. The summed E-state index contributed by atoms with van der Waals surface area (Å²) in [6, 6.07) is -0.192. The lowest BCUT2D eigenvalue weighted by molar-refractivity contribution is -0.0644. The molecule has 1 heterocycles. The first kappa shape index (κ1) is 20.2. The topological polar surface area (TPSA) is 82.1 Å². The number of ether oxygens (including phenoxy) is 2. The van der Waals surface area contributed by atoms with E-state index in [1.54, 1.807) is 4.90 Å². The molecule has 0 saturated carbocycles. The quantitative estimate of drug-likeness (QED) is 0.707. The van der Waals surface area contributed by atoms with Gasteiger partial charge in [-0.25, -0.2) is 4.79 Å². The van der Waals surface area contributed by atoms with Crippen molar-refractivity contribution in [1.82, 2.24) is 4.90 Å². The average Bonchev–Trinajstić information content (AvgIpc) is 2.60. The zero-order valence-corrected chi connectivity index (χ0v) is 15.9. The fourth-order valence-electron chi connectivity index (χ4n) is 2.50. The third-order valence-corrected chi connectivity index (χ3v) is 4.23. The van der Waals surface area contributed by atoms with Gasteiger partial charge in [-0.05, 0) is 47.0 Å². The van der Waals surface area contributed by atoms with Crippen molar-refractivity contribution in [2.24, 2.45) is 5.92 Å². The second-order valence-electron chi connectivity index (χ2n) is 7.47. The van der Waals surface area contributed by atoms with Crippen molar-refractivity contribution in [2.75, 3.05) is 19.5 Å². The Kier molecular flexibility index (Phi) is 6.09. The van der Waals surface area contributed by atoms with E-state index in [1.807, 2.05) is 41.5 Å². The Morgan fingerprint density at radius 2 is 1.96 bits per heavy atom. The minimum absolute atomic E-state index is 0.00560. The van der Waals surface area contributed by atoms with Crippen LogP contribution in [0.15, 0.2) is 0 Å². The summed E-state index contributed by atoms with van der Waals surface area (Å²) in [7, 11) is -3.46. The van der Waals surface area contributed by atoms with Crippen LogP contribution in [0.3, 0.4) is 0 Å². The van der Waals surface area contributed by atoms with E-state index in [9.17, 15) is 13.2 Å². The third-order valence-electron chi connectivity index (χ3n) is 3.64. The number of hydrogen-bond donors (Lipinski definition) is 0. The lowest BCUT2D eigenvalue weighted by Crippen LogP contribution is -2.51. The molecule has 1 aliphatic rings. The molecule has 23 heavy (non-hydrogen) atoms. The van der Waals surface area contributed by atoms with Crippen molar-refractivity contribution >= 4 is 16.2 Å². The maximum Gasteiger partial charge on any atom is 0.412 e. The van der Waals surface area contributed by atoms with Crippen molar-refractivity contribution in [3.63, 3.8) is 0 Å². The summed E-state index contributed by atoms with van der Waals surface area (Å²) in [5.74, 6) is 0.00560. The third kappa shape index (κ3) is 6.27. The molecule has 0 aromatic carbocycles. The molecule has 1 amide bonds. The molecule has 1 aliphatic heterocycles. The number of rotatable bonds is 5. The fraction of sp³-hybridized carbons (Fsp3) is 0.933. The van der Waals surface area contributed by atoms with Crippen LogP contribution in [0, 0.1) is 5.92 Å². The van der Waals surface area contributed by atoms with Gasteiger partial charge in [-0.3, -0.25) is 9.08 Å². The van der Waals surface area contributed by atoms with Crippen LogP contribution in [0.1, 0.15) is 48.0 Å². The van der Waals surface area contributed by atoms with E-state index in [0.717, 1.165) is 6.26 Å². The molecule has 0 aromatic rings. The van der Waals surface area contributed by atoms with Crippen molar-refractivity contribution < 1.29 is 26.9 Å². The predicted octanol–water partition coefficient (Wildman–Crippen LogP) is 2.36. The normalized spacial score (nSPS) is 22.9. The highest BCUT2D eigenvalue weighted by Gasteiger charge is 2.47. The van der Waals surface area contributed by atoms with Gasteiger partial charge >= 0.3 is 6.09 Å². The van der Waals surface area contributed by atoms with Crippen LogP contribution in [0.4, 0.5) is 4.79 Å². The maximum atomic E-state index is 12.5. The Labute approximate surface area is 139 Å². The highest BCUT2D eigenvalue weighted by molar-refractivity contribution is 7.85. The van der Waals surface area contributed by atoms with Gasteiger partial charge in [-0.1, -0.05) is 6.92 Å². The highest BCUT2D eigenvalue weighted by Crippen LogP contribution is 2.33. The zero-order valence-electron chi connectivity index (χ0n) is 15.1. The monoisotopic (exact) mass is 351 g/mol. The molecular weight excluding hydrogens is 322 g/mol. The summed E-state index contributed by atoms with van der Waals surface area (Å²) in [6.07, 6.45) is 1.09. The van der Waals surface area contributed by atoms with Gasteiger partial charge in [0, 0.05) is 0 Å². The second-order valence-corrected chi connectivity index (χ2v) is 9.11. The molecule has 7 nitrogen and oxygen atoms in total. The van der Waals surface area contributed by atoms with Crippen molar-refractivity contribution in [2.45, 2.75) is 65.3 Å². The van der Waals surface area contributed by atoms with Gasteiger partial charge in [-0.15, -0.1) is 0 Å². The number of nitrogens with zero attached hydrogens (tertiary/aromatic N) is 1. The molecule has 136 valence electrons. The average molecular weight is 351 g/mol. The zero-order chi connectivity index (χ0) is 18.1. The van der Waals surface area contributed by atoms with Crippen LogP contribution in [-0.2, 0) is 23.8 Å². The lowest BCUT2D eigenvalue weighted by Gasteiger charge is -2.37. The van der Waals surface area contributed by atoms with Crippen LogP contribution in [0.2, 0.25) is 0 Å². The summed E-state index contributed by atoms with van der Waals surface area (Å²) >= 11 is 0. The largest absolute Gasteiger partial charge is 0.444 e. The SMILES string of the molecule is C[C@H](CCOS(C)(=O)=O)[C@H]1COC(C)(C)N1C(=O)OC(C)(C)C. The van der Waals surface area contributed by atoms with E-state index in [2.05, 4.69) is 0 Å². The summed E-state index contributed by atoms with van der Waals surface area (Å²) < 4.78 is 38.1. The van der Waals surface area contributed by atoms with E-state index >= 15 is 0 Å². The van der Waals surface area contributed by atoms with Crippen LogP contribution in [0.25, 0.3) is 0 Å². The molecular formula is C15H29NO6S. The standard InChI is InChI=1S/C15H29NO6S/c1-11(8-9-21-23(7,18)19)12-10-20-15(5,6)16(12)13(17)22-14(2,3)4/h11-12H,8-10H2,1-7H3/t11-,12-/m1/s1. The van der Waals surface area contributed by atoms with Gasteiger partial charge < -0.3 is 9.47 Å². The first-order valence-electron chi connectivity index (χ1n) is 7.73. The number of hydrogen-bond acceptors (Lipinski definition) is 6. The first-order chi connectivity index (χ1) is 10.2. The van der Waals surface area contributed by atoms with Crippen LogP contribution in [-0.4, -0.2) is 56.2 Å². The molecule has 0 radical (unpaired) electrons. The smallest absolute Gasteiger partial charge is 0.412 e. The molecule has 1 saturated heterocycles. The van der Waals surface area contributed by atoms with E-state index in [1.165, 1.54) is 0 Å². The van der Waals surface area contributed by atoms with Crippen molar-refractivity contribution in [1.29, 1.82) is 0 Å². The molecule has 2 atom stereocenters. The van der Waals surface area contributed by atoms with Gasteiger partial charge in [0.25, 0.3) is 10.1 Å². The molecule has 1 rings (SSSR count). The molecule has 0 unspecified atom stereocenters. The molecule has 0 aromatic heterocycles. The first-order valence-corrected chi connectivity index (χ1v) is 9.55. The molecule has 1 fully saturated rings. The minimum atomic E-state index is -3.46. The predicted molar refractivity (Wildman–Crippen MR) is 86.5 cm³/mol.